The van der Waals surface area contributed by atoms with Gasteiger partial charge < -0.3 is 14.1 Å². The van der Waals surface area contributed by atoms with E-state index >= 15 is 0 Å². The molecule has 1 aliphatic heterocycles. The van der Waals surface area contributed by atoms with Crippen LogP contribution in [0.3, 0.4) is 0 Å². The van der Waals surface area contributed by atoms with E-state index in [4.69, 9.17) is 9.15 Å². The van der Waals surface area contributed by atoms with Gasteiger partial charge in [-0.15, -0.1) is 0 Å². The highest BCUT2D eigenvalue weighted by atomic mass is 16.5. The minimum absolute atomic E-state index is 0.0419. The van der Waals surface area contributed by atoms with E-state index in [1.54, 1.807) is 25.1 Å². The van der Waals surface area contributed by atoms with Crippen LogP contribution in [0.15, 0.2) is 16.6 Å². The van der Waals surface area contributed by atoms with Crippen LogP contribution in [0.4, 0.5) is 0 Å². The number of furan rings is 1. The molecule has 2 aliphatic rings. The number of hydrogen-bond acceptors (Lipinski definition) is 4. The van der Waals surface area contributed by atoms with Gasteiger partial charge in [-0.2, -0.15) is 0 Å². The van der Waals surface area contributed by atoms with E-state index < -0.39 is 5.97 Å². The third kappa shape index (κ3) is 3.40. The second-order valence-electron chi connectivity index (χ2n) is 6.73. The maximum Gasteiger partial charge on any atom is 0.341 e. The second kappa shape index (κ2) is 7.24. The minimum atomic E-state index is -0.427. The molecule has 1 aromatic heterocycles. The van der Waals surface area contributed by atoms with Crippen LogP contribution in [0.25, 0.3) is 6.08 Å². The molecule has 0 spiro atoms. The summed E-state index contributed by atoms with van der Waals surface area (Å²) in [4.78, 5) is 26.3. The normalized spacial score (nSPS) is 24.0. The first kappa shape index (κ1) is 16.8. The number of rotatable bonds is 3. The van der Waals surface area contributed by atoms with Crippen molar-refractivity contribution in [3.63, 3.8) is 0 Å². The van der Waals surface area contributed by atoms with Crippen LogP contribution >= 0.6 is 0 Å². The van der Waals surface area contributed by atoms with Crippen molar-refractivity contribution in [2.75, 3.05) is 13.7 Å². The van der Waals surface area contributed by atoms with Gasteiger partial charge in [0.15, 0.2) is 0 Å². The predicted octanol–water partition coefficient (Wildman–Crippen LogP) is 3.57. The molecule has 1 aromatic rings. The van der Waals surface area contributed by atoms with Gasteiger partial charge in [-0.1, -0.05) is 12.8 Å². The summed E-state index contributed by atoms with van der Waals surface area (Å²) < 4.78 is 10.2. The van der Waals surface area contributed by atoms with E-state index in [0.717, 1.165) is 19.4 Å². The van der Waals surface area contributed by atoms with Crippen molar-refractivity contribution in [1.29, 1.82) is 0 Å². The first-order valence-corrected chi connectivity index (χ1v) is 8.77. The summed E-state index contributed by atoms with van der Waals surface area (Å²) in [6.45, 7) is 2.55. The molecule has 0 bridgehead atoms. The fraction of sp³-hybridized carbons (Fsp3) is 0.579. The Hall–Kier alpha value is -2.04. The van der Waals surface area contributed by atoms with E-state index in [-0.39, 0.29) is 5.91 Å². The number of fused-ring (bicyclic) bond motifs is 1. The van der Waals surface area contributed by atoms with Crippen molar-refractivity contribution in [3.05, 3.63) is 29.2 Å². The van der Waals surface area contributed by atoms with Crippen LogP contribution in [-0.2, 0) is 9.53 Å². The molecular weight excluding hydrogens is 306 g/mol. The van der Waals surface area contributed by atoms with Gasteiger partial charge in [-0.05, 0) is 50.7 Å². The minimum Gasteiger partial charge on any atom is -0.465 e. The number of ether oxygens (including phenoxy) is 1. The summed E-state index contributed by atoms with van der Waals surface area (Å²) in [6.07, 6.45) is 10.4. The summed E-state index contributed by atoms with van der Waals surface area (Å²) >= 11 is 0. The lowest BCUT2D eigenvalue weighted by Gasteiger charge is -2.43. The Morgan fingerprint density at radius 1 is 1.25 bits per heavy atom. The molecule has 1 amide bonds. The van der Waals surface area contributed by atoms with E-state index in [9.17, 15) is 9.59 Å². The van der Waals surface area contributed by atoms with Crippen LogP contribution in [0.5, 0.6) is 0 Å². The summed E-state index contributed by atoms with van der Waals surface area (Å²) in [7, 11) is 1.34. The molecule has 1 saturated heterocycles. The molecule has 0 radical (unpaired) electrons. The topological polar surface area (TPSA) is 59.8 Å². The molecule has 1 saturated carbocycles. The number of aryl methyl sites for hydroxylation is 1. The molecular formula is C19H25NO4. The van der Waals surface area contributed by atoms with Gasteiger partial charge >= 0.3 is 5.97 Å². The van der Waals surface area contributed by atoms with Crippen molar-refractivity contribution in [2.45, 2.75) is 51.5 Å². The number of nitrogens with zero attached hydrogens (tertiary/aromatic N) is 1. The number of carbonyl (C=O) groups is 2. The smallest absolute Gasteiger partial charge is 0.341 e. The monoisotopic (exact) mass is 331 g/mol. The van der Waals surface area contributed by atoms with Crippen LogP contribution in [0.2, 0.25) is 0 Å². The van der Waals surface area contributed by atoms with Crippen molar-refractivity contribution >= 4 is 18.0 Å². The largest absolute Gasteiger partial charge is 0.465 e. The summed E-state index contributed by atoms with van der Waals surface area (Å²) in [6, 6.07) is 2.01. The Balaban J connectivity index is 1.69. The van der Waals surface area contributed by atoms with Crippen molar-refractivity contribution in [3.8, 4) is 0 Å². The number of amides is 1. The fourth-order valence-electron chi connectivity index (χ4n) is 4.05. The second-order valence-corrected chi connectivity index (χ2v) is 6.73. The average molecular weight is 331 g/mol. The Labute approximate surface area is 142 Å². The highest BCUT2D eigenvalue weighted by Crippen LogP contribution is 2.35. The predicted molar refractivity (Wildman–Crippen MR) is 90.5 cm³/mol. The van der Waals surface area contributed by atoms with Gasteiger partial charge in [-0.3, -0.25) is 4.79 Å². The average Bonchev–Trinajstić information content (AvgIpc) is 2.99. The van der Waals surface area contributed by atoms with Gasteiger partial charge in [0.05, 0.1) is 7.11 Å². The SMILES string of the molecule is COC(=O)c1cc(/C=C/C(=O)N2CCCC3CCCCC32)oc1C. The maximum absolute atomic E-state index is 12.6. The summed E-state index contributed by atoms with van der Waals surface area (Å²) in [5.74, 6) is 1.28. The summed E-state index contributed by atoms with van der Waals surface area (Å²) in [5, 5.41) is 0. The Kier molecular flexibility index (Phi) is 5.07. The van der Waals surface area contributed by atoms with Crippen LogP contribution in [-0.4, -0.2) is 36.5 Å². The highest BCUT2D eigenvalue weighted by molar-refractivity contribution is 5.93. The molecule has 5 heteroatoms. The lowest BCUT2D eigenvalue weighted by molar-refractivity contribution is -0.132. The van der Waals surface area contributed by atoms with E-state index in [0.29, 0.717) is 29.0 Å². The Bertz CT molecular complexity index is 644. The van der Waals surface area contributed by atoms with E-state index in [1.165, 1.54) is 32.8 Å². The van der Waals surface area contributed by atoms with Crippen LogP contribution in [0.1, 0.15) is 60.4 Å². The number of piperidine rings is 1. The van der Waals surface area contributed by atoms with Crippen LogP contribution in [0, 0.1) is 12.8 Å². The first-order valence-electron chi connectivity index (χ1n) is 8.77. The molecule has 2 unspecified atom stereocenters. The highest BCUT2D eigenvalue weighted by Gasteiger charge is 2.34. The summed E-state index contributed by atoms with van der Waals surface area (Å²) in [5.41, 5.74) is 0.398. The standard InChI is InChI=1S/C19H25NO4/c1-13-16(19(22)23-2)12-15(24-13)9-10-18(21)20-11-5-7-14-6-3-4-8-17(14)20/h9-10,12,14,17H,3-8,11H2,1-2H3/b10-9+. The number of carbonyl (C=O) groups excluding carboxylic acids is 2. The molecule has 0 aromatic carbocycles. The molecule has 2 heterocycles. The molecule has 3 rings (SSSR count). The van der Waals surface area contributed by atoms with E-state index in [2.05, 4.69) is 0 Å². The third-order valence-corrected chi connectivity index (χ3v) is 5.26. The quantitative estimate of drug-likeness (QED) is 0.627. The molecule has 5 nitrogen and oxygen atoms in total. The van der Waals surface area contributed by atoms with Crippen molar-refractivity contribution < 1.29 is 18.7 Å². The number of hydrogen-bond donors (Lipinski definition) is 0. The molecule has 24 heavy (non-hydrogen) atoms. The lowest BCUT2D eigenvalue weighted by atomic mass is 9.78. The molecule has 0 N–H and O–H groups in total. The zero-order valence-electron chi connectivity index (χ0n) is 14.4. The zero-order valence-corrected chi connectivity index (χ0v) is 14.4. The van der Waals surface area contributed by atoms with Crippen LogP contribution < -0.4 is 0 Å². The van der Waals surface area contributed by atoms with Gasteiger partial charge in [0.2, 0.25) is 5.91 Å². The molecule has 2 atom stereocenters. The number of methoxy groups -OCH3 is 1. The van der Waals surface area contributed by atoms with Gasteiger partial charge in [0.25, 0.3) is 0 Å². The van der Waals surface area contributed by atoms with Gasteiger partial charge in [-0.25, -0.2) is 4.79 Å². The Morgan fingerprint density at radius 3 is 2.79 bits per heavy atom. The van der Waals surface area contributed by atoms with Crippen molar-refractivity contribution in [1.82, 2.24) is 4.90 Å². The van der Waals surface area contributed by atoms with E-state index in [1.807, 2.05) is 4.90 Å². The number of esters is 1. The van der Waals surface area contributed by atoms with Crippen molar-refractivity contribution in [2.24, 2.45) is 5.92 Å². The Morgan fingerprint density at radius 2 is 2.00 bits per heavy atom. The van der Waals surface area contributed by atoms with Gasteiger partial charge in [0, 0.05) is 18.7 Å². The van der Waals surface area contributed by atoms with Gasteiger partial charge in [0.1, 0.15) is 17.1 Å². The molecule has 2 fully saturated rings. The number of likely N-dealkylation sites (tertiary alicyclic amines) is 1. The first-order chi connectivity index (χ1) is 11.6. The maximum atomic E-state index is 12.6. The third-order valence-electron chi connectivity index (χ3n) is 5.26. The zero-order chi connectivity index (χ0) is 17.1. The fourth-order valence-corrected chi connectivity index (χ4v) is 4.05. The lowest BCUT2D eigenvalue weighted by Crippen LogP contribution is -2.49. The molecule has 1 aliphatic carbocycles. The molecule has 130 valence electrons.